The first-order valence-electron chi connectivity index (χ1n) is 9.72. The van der Waals surface area contributed by atoms with Crippen LogP contribution >= 0.6 is 31.9 Å². The smallest absolute Gasteiger partial charge is 0.320 e. The molecule has 0 bridgehead atoms. The van der Waals surface area contributed by atoms with Crippen molar-refractivity contribution in [2.45, 2.75) is 22.3 Å². The highest BCUT2D eigenvalue weighted by atomic mass is 79.9. The third-order valence-corrected chi connectivity index (χ3v) is 8.00. The highest BCUT2D eigenvalue weighted by molar-refractivity contribution is 9.11. The van der Waals surface area contributed by atoms with Crippen LogP contribution in [0, 0.1) is 0 Å². The van der Waals surface area contributed by atoms with Gasteiger partial charge >= 0.3 is 5.97 Å². The molecule has 4 N–H and O–H groups in total. The largest absolute Gasteiger partial charge is 0.480 e. The lowest BCUT2D eigenvalue weighted by Gasteiger charge is -2.13. The Kier molecular flexibility index (Phi) is 6.62. The minimum absolute atomic E-state index is 0.156. The van der Waals surface area contributed by atoms with E-state index < -0.39 is 21.8 Å². The Morgan fingerprint density at radius 3 is 2.36 bits per heavy atom. The Labute approximate surface area is 206 Å². The van der Waals surface area contributed by atoms with Gasteiger partial charge in [0.2, 0.25) is 9.84 Å². The van der Waals surface area contributed by atoms with Crippen LogP contribution in [0.4, 0.5) is 0 Å². The number of hydrogen-bond donors (Lipinski definition) is 3. The number of fused-ring (bicyclic) bond motifs is 1. The number of hydrogen-bond acceptors (Lipinski definition) is 5. The predicted octanol–water partition coefficient (Wildman–Crippen LogP) is 5.27. The van der Waals surface area contributed by atoms with E-state index in [0.29, 0.717) is 36.9 Å². The summed E-state index contributed by atoms with van der Waals surface area (Å²) in [5.41, 5.74) is 7.01. The summed E-state index contributed by atoms with van der Waals surface area (Å²) >= 11 is 6.91. The second-order valence-corrected chi connectivity index (χ2v) is 10.9. The van der Waals surface area contributed by atoms with Crippen molar-refractivity contribution in [2.75, 3.05) is 0 Å². The number of ether oxygens (including phenoxy) is 1. The molecule has 0 aliphatic rings. The fourth-order valence-electron chi connectivity index (χ4n) is 3.37. The summed E-state index contributed by atoms with van der Waals surface area (Å²) < 4.78 is 33.5. The lowest BCUT2D eigenvalue weighted by molar-refractivity contribution is -0.138. The van der Waals surface area contributed by atoms with Gasteiger partial charge in [0.25, 0.3) is 0 Å². The monoisotopic (exact) mass is 592 g/mol. The highest BCUT2D eigenvalue weighted by Crippen LogP contribution is 2.39. The molecule has 4 aromatic rings. The molecule has 1 heterocycles. The lowest BCUT2D eigenvalue weighted by atomic mass is 10.1. The number of rotatable bonds is 7. The number of carbonyl (C=O) groups is 1. The second-order valence-electron chi connectivity index (χ2n) is 7.32. The summed E-state index contributed by atoms with van der Waals surface area (Å²) in [4.78, 5) is 14.4. The highest BCUT2D eigenvalue weighted by Gasteiger charge is 2.22. The van der Waals surface area contributed by atoms with Crippen molar-refractivity contribution in [1.29, 1.82) is 0 Å². The third-order valence-electron chi connectivity index (χ3n) is 5.01. The molecular weight excluding hydrogens is 576 g/mol. The van der Waals surface area contributed by atoms with E-state index >= 15 is 0 Å². The molecule has 0 unspecified atom stereocenters. The number of aliphatic carboxylic acids is 1. The van der Waals surface area contributed by atoms with Crippen LogP contribution in [0.5, 0.6) is 11.5 Å². The standard InChI is InChI=1S/C23H18Br2N2O5S/c24-17-8-13(10-19(26)23(28)29)9-18(25)22(17)32-14-6-7-20-16(11-14)21(12-27-20)33(30,31)15-4-2-1-3-5-15/h1-9,11-12,19,27H,10,26H2,(H,28,29)/t19-/m0/s1. The summed E-state index contributed by atoms with van der Waals surface area (Å²) in [5, 5.41) is 9.54. The summed E-state index contributed by atoms with van der Waals surface area (Å²) in [6.45, 7) is 0. The zero-order valence-corrected chi connectivity index (χ0v) is 20.9. The van der Waals surface area contributed by atoms with E-state index in [2.05, 4.69) is 36.8 Å². The van der Waals surface area contributed by atoms with Crippen LogP contribution in [0.2, 0.25) is 0 Å². The van der Waals surface area contributed by atoms with Gasteiger partial charge in [-0.25, -0.2) is 8.42 Å². The maximum atomic E-state index is 13.1. The van der Waals surface area contributed by atoms with Crippen molar-refractivity contribution < 1.29 is 23.1 Å². The van der Waals surface area contributed by atoms with Crippen molar-refractivity contribution >= 4 is 58.6 Å². The number of carboxylic acid groups (broad SMARTS) is 1. The first-order valence-corrected chi connectivity index (χ1v) is 12.8. The number of nitrogens with two attached hydrogens (primary N) is 1. The first-order chi connectivity index (χ1) is 15.7. The van der Waals surface area contributed by atoms with Crippen molar-refractivity contribution in [1.82, 2.24) is 4.98 Å². The Morgan fingerprint density at radius 2 is 1.73 bits per heavy atom. The van der Waals surface area contributed by atoms with Gasteiger partial charge in [-0.3, -0.25) is 4.79 Å². The zero-order valence-electron chi connectivity index (χ0n) is 17.0. The van der Waals surface area contributed by atoms with Crippen LogP contribution < -0.4 is 10.5 Å². The molecule has 0 fully saturated rings. The summed E-state index contributed by atoms with van der Waals surface area (Å²) in [6.07, 6.45) is 1.63. The molecule has 10 heteroatoms. The summed E-state index contributed by atoms with van der Waals surface area (Å²) in [5.74, 6) is -0.184. The molecule has 7 nitrogen and oxygen atoms in total. The average molecular weight is 594 g/mol. The van der Waals surface area contributed by atoms with E-state index in [4.69, 9.17) is 15.6 Å². The van der Waals surface area contributed by atoms with Gasteiger partial charge in [-0.05, 0) is 86.3 Å². The number of nitrogens with one attached hydrogen (secondary N) is 1. The zero-order chi connectivity index (χ0) is 23.8. The van der Waals surface area contributed by atoms with Gasteiger partial charge in [-0.2, -0.15) is 0 Å². The molecule has 0 aliphatic carbocycles. The third kappa shape index (κ3) is 4.84. The van der Waals surface area contributed by atoms with Gasteiger partial charge < -0.3 is 20.6 Å². The van der Waals surface area contributed by atoms with Crippen molar-refractivity contribution in [3.63, 3.8) is 0 Å². The Hall–Kier alpha value is -2.66. The predicted molar refractivity (Wildman–Crippen MR) is 131 cm³/mol. The Bertz CT molecular complexity index is 1430. The van der Waals surface area contributed by atoms with Crippen molar-refractivity contribution in [2.24, 2.45) is 5.73 Å². The molecule has 0 amide bonds. The lowest BCUT2D eigenvalue weighted by Crippen LogP contribution is -2.32. The fraction of sp³-hybridized carbons (Fsp3) is 0.0870. The van der Waals surface area contributed by atoms with Crippen LogP contribution in [0.25, 0.3) is 10.9 Å². The van der Waals surface area contributed by atoms with Crippen molar-refractivity contribution in [3.8, 4) is 11.5 Å². The quantitative estimate of drug-likeness (QED) is 0.268. The first kappa shape index (κ1) is 23.5. The maximum Gasteiger partial charge on any atom is 0.320 e. The number of halogens is 2. The molecule has 0 spiro atoms. The maximum absolute atomic E-state index is 13.1. The number of sulfone groups is 1. The van der Waals surface area contributed by atoms with Crippen LogP contribution in [0.3, 0.4) is 0 Å². The van der Waals surface area contributed by atoms with E-state index in [-0.39, 0.29) is 16.2 Å². The Morgan fingerprint density at radius 1 is 1.06 bits per heavy atom. The SMILES string of the molecule is N[C@@H](Cc1cc(Br)c(Oc2ccc3[nH]cc(S(=O)(=O)c4ccccc4)c3c2)c(Br)c1)C(=O)O. The molecule has 0 saturated carbocycles. The average Bonchev–Trinajstić information content (AvgIpc) is 3.21. The van der Waals surface area contributed by atoms with E-state index in [1.165, 1.54) is 6.20 Å². The van der Waals surface area contributed by atoms with Crippen molar-refractivity contribution in [3.05, 3.63) is 81.4 Å². The number of aromatic nitrogens is 1. The minimum Gasteiger partial charge on any atom is -0.480 e. The summed E-state index contributed by atoms with van der Waals surface area (Å²) in [6, 6.07) is 15.8. The van der Waals surface area contributed by atoms with Gasteiger partial charge in [-0.1, -0.05) is 18.2 Å². The summed E-state index contributed by atoms with van der Waals surface area (Å²) in [7, 11) is -3.72. The van der Waals surface area contributed by atoms with E-state index in [9.17, 15) is 13.2 Å². The molecule has 1 aromatic heterocycles. The second kappa shape index (κ2) is 9.30. The van der Waals surface area contributed by atoms with Crippen LogP contribution in [-0.2, 0) is 21.1 Å². The van der Waals surface area contributed by atoms with Gasteiger partial charge in [0.15, 0.2) is 5.75 Å². The number of carboxylic acids is 1. The number of benzene rings is 3. The molecular formula is C23H18Br2N2O5S. The molecule has 0 radical (unpaired) electrons. The molecule has 4 rings (SSSR count). The van der Waals surface area contributed by atoms with Gasteiger partial charge in [0, 0.05) is 17.1 Å². The number of aromatic amines is 1. The van der Waals surface area contributed by atoms with E-state index in [1.807, 2.05) is 0 Å². The molecule has 0 saturated heterocycles. The van der Waals surface area contributed by atoms with Gasteiger partial charge in [0.05, 0.1) is 18.7 Å². The molecule has 3 aromatic carbocycles. The molecule has 0 aliphatic heterocycles. The molecule has 170 valence electrons. The van der Waals surface area contributed by atoms with Crippen LogP contribution in [0.15, 0.2) is 85.6 Å². The van der Waals surface area contributed by atoms with E-state index in [1.54, 1.807) is 60.7 Å². The number of H-pyrrole nitrogens is 1. The topological polar surface area (TPSA) is 122 Å². The fourth-order valence-corrected chi connectivity index (χ4v) is 6.26. The molecule has 1 atom stereocenters. The molecule has 33 heavy (non-hydrogen) atoms. The van der Waals surface area contributed by atoms with Crippen LogP contribution in [0.1, 0.15) is 5.56 Å². The Balaban J connectivity index is 1.68. The van der Waals surface area contributed by atoms with Crippen LogP contribution in [-0.4, -0.2) is 30.5 Å². The van der Waals surface area contributed by atoms with E-state index in [0.717, 1.165) is 0 Å². The minimum atomic E-state index is -3.72. The normalized spacial score (nSPS) is 12.6. The van der Waals surface area contributed by atoms with Gasteiger partial charge in [-0.15, -0.1) is 0 Å². The van der Waals surface area contributed by atoms with Gasteiger partial charge in [0.1, 0.15) is 11.8 Å².